The lowest BCUT2D eigenvalue weighted by Gasteiger charge is -2.44. The molecule has 0 amide bonds. The minimum absolute atomic E-state index is 0.742. The van der Waals surface area contributed by atoms with Crippen molar-refractivity contribution in [2.75, 3.05) is 19.6 Å². The molecule has 1 aliphatic heterocycles. The van der Waals surface area contributed by atoms with E-state index in [1.54, 1.807) is 0 Å². The molecule has 0 aromatic heterocycles. The molecule has 0 aromatic carbocycles. The number of nitrogens with zero attached hydrogens (tertiary/aromatic N) is 2. The van der Waals surface area contributed by atoms with Crippen molar-refractivity contribution in [2.24, 2.45) is 5.41 Å². The summed E-state index contributed by atoms with van der Waals surface area (Å²) >= 11 is 0. The van der Waals surface area contributed by atoms with Gasteiger partial charge in [0, 0.05) is 6.42 Å². The largest absolute Gasteiger partial charge is 0.303 e. The zero-order valence-electron chi connectivity index (χ0n) is 12.5. The van der Waals surface area contributed by atoms with Crippen molar-refractivity contribution >= 4 is 0 Å². The maximum absolute atomic E-state index is 8.49. The van der Waals surface area contributed by atoms with Gasteiger partial charge >= 0.3 is 0 Å². The number of rotatable bonds is 6. The van der Waals surface area contributed by atoms with Crippen LogP contribution in [0.3, 0.4) is 0 Å². The molecule has 0 aromatic rings. The van der Waals surface area contributed by atoms with Crippen molar-refractivity contribution in [3.63, 3.8) is 0 Å². The number of nitriles is 1. The van der Waals surface area contributed by atoms with Crippen LogP contribution in [-0.2, 0) is 0 Å². The average molecular weight is 262 g/mol. The second-order valence-electron chi connectivity index (χ2n) is 6.72. The normalized spacial score (nSPS) is 23.3. The van der Waals surface area contributed by atoms with Gasteiger partial charge in [0.15, 0.2) is 0 Å². The van der Waals surface area contributed by atoms with E-state index in [-0.39, 0.29) is 0 Å². The van der Waals surface area contributed by atoms with E-state index in [4.69, 9.17) is 5.26 Å². The standard InChI is InChI=1S/C17H30N2/c18-13-7-2-1-3-8-14-19-15-11-17(12-16-19)9-5-4-6-10-17/h1-12,14-16H2. The molecular weight excluding hydrogens is 232 g/mol. The first-order valence-corrected chi connectivity index (χ1v) is 8.44. The molecule has 2 heteroatoms. The monoisotopic (exact) mass is 262 g/mol. The number of hydrogen-bond donors (Lipinski definition) is 0. The topological polar surface area (TPSA) is 27.0 Å². The van der Waals surface area contributed by atoms with E-state index >= 15 is 0 Å². The maximum atomic E-state index is 8.49. The summed E-state index contributed by atoms with van der Waals surface area (Å²) in [7, 11) is 0. The molecule has 1 aliphatic carbocycles. The molecule has 1 saturated carbocycles. The van der Waals surface area contributed by atoms with Gasteiger partial charge in [0.2, 0.25) is 0 Å². The minimum Gasteiger partial charge on any atom is -0.303 e. The Labute approximate surface area is 119 Å². The van der Waals surface area contributed by atoms with Gasteiger partial charge in [0.1, 0.15) is 0 Å². The van der Waals surface area contributed by atoms with Crippen molar-refractivity contribution in [3.8, 4) is 6.07 Å². The second-order valence-corrected chi connectivity index (χ2v) is 6.72. The third-order valence-corrected chi connectivity index (χ3v) is 5.34. The third-order valence-electron chi connectivity index (χ3n) is 5.34. The van der Waals surface area contributed by atoms with Crippen LogP contribution in [0.4, 0.5) is 0 Å². The molecule has 1 spiro atoms. The smallest absolute Gasteiger partial charge is 0.0621 e. The van der Waals surface area contributed by atoms with Gasteiger partial charge in [-0.15, -0.1) is 0 Å². The summed E-state index contributed by atoms with van der Waals surface area (Å²) in [6, 6.07) is 2.23. The van der Waals surface area contributed by atoms with E-state index in [1.165, 1.54) is 83.8 Å². The van der Waals surface area contributed by atoms with Crippen LogP contribution in [0.2, 0.25) is 0 Å². The van der Waals surface area contributed by atoms with Crippen LogP contribution in [-0.4, -0.2) is 24.5 Å². The van der Waals surface area contributed by atoms with E-state index in [1.807, 2.05) is 0 Å². The number of likely N-dealkylation sites (tertiary alicyclic amines) is 1. The fourth-order valence-corrected chi connectivity index (χ4v) is 3.95. The highest BCUT2D eigenvalue weighted by Crippen LogP contribution is 2.44. The first-order chi connectivity index (χ1) is 9.35. The van der Waals surface area contributed by atoms with E-state index in [0.29, 0.717) is 0 Å². The molecule has 2 nitrogen and oxygen atoms in total. The lowest BCUT2D eigenvalue weighted by molar-refractivity contribution is 0.0670. The van der Waals surface area contributed by atoms with Crippen molar-refractivity contribution in [1.82, 2.24) is 4.90 Å². The average Bonchev–Trinajstić information content (AvgIpc) is 2.46. The summed E-state index contributed by atoms with van der Waals surface area (Å²) in [4.78, 5) is 2.68. The first kappa shape index (κ1) is 14.9. The zero-order chi connectivity index (χ0) is 13.4. The van der Waals surface area contributed by atoms with Crippen LogP contribution in [0.25, 0.3) is 0 Å². The molecule has 0 radical (unpaired) electrons. The summed E-state index contributed by atoms with van der Waals surface area (Å²) in [5.74, 6) is 0. The Morgan fingerprint density at radius 3 is 2.21 bits per heavy atom. The lowest BCUT2D eigenvalue weighted by Crippen LogP contribution is -2.41. The molecule has 0 N–H and O–H groups in total. The summed E-state index contributed by atoms with van der Waals surface area (Å²) in [5, 5.41) is 8.49. The molecule has 1 heterocycles. The molecule has 2 fully saturated rings. The van der Waals surface area contributed by atoms with Crippen LogP contribution in [0.1, 0.15) is 77.0 Å². The van der Waals surface area contributed by atoms with E-state index in [9.17, 15) is 0 Å². The van der Waals surface area contributed by atoms with E-state index in [2.05, 4.69) is 11.0 Å². The van der Waals surface area contributed by atoms with Crippen molar-refractivity contribution < 1.29 is 0 Å². The highest BCUT2D eigenvalue weighted by atomic mass is 15.1. The molecule has 2 rings (SSSR count). The summed E-state index contributed by atoms with van der Waals surface area (Å²) in [6.07, 6.45) is 16.1. The minimum atomic E-state index is 0.742. The summed E-state index contributed by atoms with van der Waals surface area (Å²) in [6.45, 7) is 3.99. The van der Waals surface area contributed by atoms with E-state index in [0.717, 1.165) is 18.3 Å². The van der Waals surface area contributed by atoms with Crippen LogP contribution < -0.4 is 0 Å². The molecule has 19 heavy (non-hydrogen) atoms. The highest BCUT2D eigenvalue weighted by molar-refractivity contribution is 4.88. The van der Waals surface area contributed by atoms with Crippen LogP contribution >= 0.6 is 0 Å². The van der Waals surface area contributed by atoms with Gasteiger partial charge in [0.05, 0.1) is 6.07 Å². The Morgan fingerprint density at radius 1 is 0.842 bits per heavy atom. The molecule has 1 saturated heterocycles. The molecule has 2 aliphatic rings. The van der Waals surface area contributed by atoms with Gasteiger partial charge in [-0.2, -0.15) is 5.26 Å². The Hall–Kier alpha value is -0.550. The Bertz CT molecular complexity index is 276. The molecule has 0 atom stereocenters. The highest BCUT2D eigenvalue weighted by Gasteiger charge is 2.35. The van der Waals surface area contributed by atoms with Crippen molar-refractivity contribution in [2.45, 2.75) is 77.0 Å². The number of piperidine rings is 1. The van der Waals surface area contributed by atoms with Crippen LogP contribution in [0, 0.1) is 16.7 Å². The van der Waals surface area contributed by atoms with E-state index < -0.39 is 0 Å². The zero-order valence-corrected chi connectivity index (χ0v) is 12.5. The molecule has 0 bridgehead atoms. The molecule has 108 valence electrons. The summed E-state index contributed by atoms with van der Waals surface area (Å²) < 4.78 is 0. The Morgan fingerprint density at radius 2 is 1.53 bits per heavy atom. The number of unbranched alkanes of at least 4 members (excludes halogenated alkanes) is 4. The van der Waals surface area contributed by atoms with Gasteiger partial charge in [-0.25, -0.2) is 0 Å². The second kappa shape index (κ2) is 7.90. The van der Waals surface area contributed by atoms with Gasteiger partial charge < -0.3 is 4.90 Å². The van der Waals surface area contributed by atoms with Crippen LogP contribution in [0.5, 0.6) is 0 Å². The van der Waals surface area contributed by atoms with Crippen LogP contribution in [0.15, 0.2) is 0 Å². The quantitative estimate of drug-likeness (QED) is 0.659. The molecular formula is C17H30N2. The first-order valence-electron chi connectivity index (χ1n) is 8.44. The van der Waals surface area contributed by atoms with Gasteiger partial charge in [-0.05, 0) is 63.6 Å². The van der Waals surface area contributed by atoms with Gasteiger partial charge in [-0.1, -0.05) is 32.1 Å². The van der Waals surface area contributed by atoms with Gasteiger partial charge in [0.25, 0.3) is 0 Å². The summed E-state index contributed by atoms with van der Waals surface area (Å²) in [5.41, 5.74) is 0.752. The number of hydrogen-bond acceptors (Lipinski definition) is 2. The fourth-order valence-electron chi connectivity index (χ4n) is 3.95. The maximum Gasteiger partial charge on any atom is 0.0621 e. The predicted octanol–water partition coefficient (Wildman–Crippen LogP) is 4.51. The van der Waals surface area contributed by atoms with Crippen molar-refractivity contribution in [3.05, 3.63) is 0 Å². The lowest BCUT2D eigenvalue weighted by atomic mass is 9.68. The third kappa shape index (κ3) is 4.80. The van der Waals surface area contributed by atoms with Gasteiger partial charge in [-0.3, -0.25) is 0 Å². The fraction of sp³-hybridized carbons (Fsp3) is 0.941. The SMILES string of the molecule is N#CCCCCCCN1CCC2(CCCCC2)CC1. The molecule has 0 unspecified atom stereocenters. The Balaban J connectivity index is 1.55. The van der Waals surface area contributed by atoms with Crippen molar-refractivity contribution in [1.29, 1.82) is 5.26 Å². The Kier molecular flexibility index (Phi) is 6.17. The predicted molar refractivity (Wildman–Crippen MR) is 79.9 cm³/mol.